The predicted molar refractivity (Wildman–Crippen MR) is 79.2 cm³/mol. The van der Waals surface area contributed by atoms with E-state index in [0.717, 1.165) is 0 Å². The number of nitrogens with two attached hydrogens (primary N) is 1. The van der Waals surface area contributed by atoms with E-state index in [0.29, 0.717) is 11.3 Å². The Morgan fingerprint density at radius 1 is 1.23 bits per heavy atom. The molecule has 3 N–H and O–H groups in total. The molecule has 0 aromatic heterocycles. The third-order valence-corrected chi connectivity index (χ3v) is 2.92. The van der Waals surface area contributed by atoms with E-state index in [1.807, 2.05) is 0 Å². The first-order valence-electron chi connectivity index (χ1n) is 6.75. The van der Waals surface area contributed by atoms with Gasteiger partial charge >= 0.3 is 5.97 Å². The van der Waals surface area contributed by atoms with E-state index in [2.05, 4.69) is 5.32 Å². The summed E-state index contributed by atoms with van der Waals surface area (Å²) in [6.07, 6.45) is 0. The van der Waals surface area contributed by atoms with E-state index in [-0.39, 0.29) is 5.92 Å². The Hall–Kier alpha value is -2.57. The van der Waals surface area contributed by atoms with E-state index in [1.54, 1.807) is 38.1 Å². The van der Waals surface area contributed by atoms with Crippen LogP contribution in [0.15, 0.2) is 24.3 Å². The molecule has 0 saturated heterocycles. The summed E-state index contributed by atoms with van der Waals surface area (Å²) >= 11 is 0. The van der Waals surface area contributed by atoms with Crippen molar-refractivity contribution in [3.8, 4) is 5.75 Å². The Kier molecular flexibility index (Phi) is 6.37. The van der Waals surface area contributed by atoms with Crippen molar-refractivity contribution in [2.45, 2.75) is 19.9 Å². The van der Waals surface area contributed by atoms with E-state index >= 15 is 0 Å². The summed E-state index contributed by atoms with van der Waals surface area (Å²) < 4.78 is 9.87. The van der Waals surface area contributed by atoms with Crippen LogP contribution in [0.3, 0.4) is 0 Å². The van der Waals surface area contributed by atoms with Gasteiger partial charge in [0.15, 0.2) is 6.61 Å². The van der Waals surface area contributed by atoms with Crippen LogP contribution in [0.25, 0.3) is 0 Å². The van der Waals surface area contributed by atoms with E-state index in [4.69, 9.17) is 15.2 Å². The molecule has 0 aliphatic heterocycles. The maximum Gasteiger partial charge on any atom is 0.329 e. The predicted octanol–water partition coefficient (Wildman–Crippen LogP) is 0.478. The number of esters is 1. The lowest BCUT2D eigenvalue weighted by molar-refractivity contribution is -0.150. The van der Waals surface area contributed by atoms with Gasteiger partial charge in [-0.1, -0.05) is 26.0 Å². The SMILES string of the molecule is COc1ccccc1C(=O)N[C@H](C(=O)OCC(N)=O)C(C)C. The Bertz CT molecular complexity index is 557. The summed E-state index contributed by atoms with van der Waals surface area (Å²) in [5, 5.41) is 2.59. The van der Waals surface area contributed by atoms with Crippen LogP contribution < -0.4 is 15.8 Å². The molecular weight excluding hydrogens is 288 g/mol. The van der Waals surface area contributed by atoms with E-state index in [9.17, 15) is 14.4 Å². The molecule has 7 nitrogen and oxygen atoms in total. The first-order chi connectivity index (χ1) is 10.4. The standard InChI is InChI=1S/C15H20N2O5/c1-9(2)13(15(20)22-8-12(16)18)17-14(19)10-6-4-5-7-11(10)21-3/h4-7,9,13H,8H2,1-3H3,(H2,16,18)(H,17,19)/t13-/m0/s1. The van der Waals surface area contributed by atoms with Crippen molar-refractivity contribution >= 4 is 17.8 Å². The summed E-state index contributed by atoms with van der Waals surface area (Å²) in [5.74, 6) is -1.76. The molecule has 0 saturated carbocycles. The summed E-state index contributed by atoms with van der Waals surface area (Å²) in [7, 11) is 1.45. The molecule has 1 atom stereocenters. The molecule has 0 fully saturated rings. The number of amides is 2. The third kappa shape index (κ3) is 4.76. The fourth-order valence-corrected chi connectivity index (χ4v) is 1.78. The molecular formula is C15H20N2O5. The van der Waals surface area contributed by atoms with Crippen LogP contribution in [-0.4, -0.2) is 37.5 Å². The van der Waals surface area contributed by atoms with Crippen molar-refractivity contribution in [1.82, 2.24) is 5.32 Å². The number of carbonyl (C=O) groups excluding carboxylic acids is 3. The highest BCUT2D eigenvalue weighted by Crippen LogP contribution is 2.17. The van der Waals surface area contributed by atoms with Crippen LogP contribution >= 0.6 is 0 Å². The number of rotatable bonds is 7. The largest absolute Gasteiger partial charge is 0.496 e. The van der Waals surface area contributed by atoms with Crippen LogP contribution in [0, 0.1) is 5.92 Å². The second kappa shape index (κ2) is 8.02. The van der Waals surface area contributed by atoms with Gasteiger partial charge in [-0.25, -0.2) is 4.79 Å². The van der Waals surface area contributed by atoms with Gasteiger partial charge in [0.2, 0.25) is 0 Å². The second-order valence-corrected chi connectivity index (χ2v) is 4.97. The molecule has 1 aromatic carbocycles. The maximum absolute atomic E-state index is 12.3. The van der Waals surface area contributed by atoms with Crippen LogP contribution in [0.5, 0.6) is 5.75 Å². The molecule has 2 amide bonds. The number of primary amides is 1. The average molecular weight is 308 g/mol. The van der Waals surface area contributed by atoms with Gasteiger partial charge in [0.1, 0.15) is 11.8 Å². The van der Waals surface area contributed by atoms with Gasteiger partial charge in [0, 0.05) is 0 Å². The lowest BCUT2D eigenvalue weighted by atomic mass is 10.0. The number of hydrogen-bond acceptors (Lipinski definition) is 5. The van der Waals surface area contributed by atoms with Crippen molar-refractivity contribution < 1.29 is 23.9 Å². The lowest BCUT2D eigenvalue weighted by Crippen LogP contribution is -2.46. The van der Waals surface area contributed by atoms with Gasteiger partial charge in [-0.05, 0) is 18.1 Å². The van der Waals surface area contributed by atoms with Crippen molar-refractivity contribution in [3.63, 3.8) is 0 Å². The maximum atomic E-state index is 12.3. The van der Waals surface area contributed by atoms with Gasteiger partial charge in [0.05, 0.1) is 12.7 Å². The molecule has 22 heavy (non-hydrogen) atoms. The number of ether oxygens (including phenoxy) is 2. The van der Waals surface area contributed by atoms with Gasteiger partial charge < -0.3 is 20.5 Å². The Balaban J connectivity index is 2.84. The average Bonchev–Trinajstić information content (AvgIpc) is 2.49. The molecule has 0 bridgehead atoms. The minimum atomic E-state index is -0.892. The number of carbonyl (C=O) groups is 3. The van der Waals surface area contributed by atoms with Crippen LogP contribution in [0.4, 0.5) is 0 Å². The van der Waals surface area contributed by atoms with Crippen molar-refractivity contribution in [3.05, 3.63) is 29.8 Å². The van der Waals surface area contributed by atoms with Gasteiger partial charge in [-0.3, -0.25) is 9.59 Å². The Morgan fingerprint density at radius 3 is 2.41 bits per heavy atom. The lowest BCUT2D eigenvalue weighted by Gasteiger charge is -2.21. The first-order valence-corrected chi connectivity index (χ1v) is 6.75. The Labute approximate surface area is 128 Å². The van der Waals surface area contributed by atoms with Gasteiger partial charge in [-0.2, -0.15) is 0 Å². The molecule has 120 valence electrons. The third-order valence-electron chi connectivity index (χ3n) is 2.92. The minimum absolute atomic E-state index is 0.223. The molecule has 0 unspecified atom stereocenters. The molecule has 0 spiro atoms. The summed E-state index contributed by atoms with van der Waals surface area (Å²) in [4.78, 5) is 34.9. The first kappa shape index (κ1) is 17.5. The molecule has 1 aromatic rings. The van der Waals surface area contributed by atoms with E-state index in [1.165, 1.54) is 7.11 Å². The van der Waals surface area contributed by atoms with Crippen molar-refractivity contribution in [2.75, 3.05) is 13.7 Å². The zero-order chi connectivity index (χ0) is 16.7. The topological polar surface area (TPSA) is 108 Å². The zero-order valence-electron chi connectivity index (χ0n) is 12.8. The normalized spacial score (nSPS) is 11.6. The minimum Gasteiger partial charge on any atom is -0.496 e. The van der Waals surface area contributed by atoms with Crippen LogP contribution in [0.1, 0.15) is 24.2 Å². The van der Waals surface area contributed by atoms with Gasteiger partial charge in [0.25, 0.3) is 11.8 Å². The second-order valence-electron chi connectivity index (χ2n) is 4.97. The fraction of sp³-hybridized carbons (Fsp3) is 0.400. The summed E-state index contributed by atoms with van der Waals surface area (Å²) in [6.45, 7) is 2.98. The quantitative estimate of drug-likeness (QED) is 0.712. The smallest absolute Gasteiger partial charge is 0.329 e. The number of hydrogen-bond donors (Lipinski definition) is 2. The molecule has 1 rings (SSSR count). The monoisotopic (exact) mass is 308 g/mol. The number of benzene rings is 1. The van der Waals surface area contributed by atoms with Crippen molar-refractivity contribution in [1.29, 1.82) is 0 Å². The number of methoxy groups -OCH3 is 1. The Morgan fingerprint density at radius 2 is 1.86 bits per heavy atom. The highest BCUT2D eigenvalue weighted by atomic mass is 16.5. The highest BCUT2D eigenvalue weighted by Gasteiger charge is 2.27. The highest BCUT2D eigenvalue weighted by molar-refractivity contribution is 5.99. The summed E-state index contributed by atoms with van der Waals surface area (Å²) in [5.41, 5.74) is 5.23. The molecule has 0 heterocycles. The van der Waals surface area contributed by atoms with Gasteiger partial charge in [-0.15, -0.1) is 0 Å². The van der Waals surface area contributed by atoms with Crippen LogP contribution in [-0.2, 0) is 14.3 Å². The molecule has 7 heteroatoms. The zero-order valence-corrected chi connectivity index (χ0v) is 12.8. The van der Waals surface area contributed by atoms with Crippen LogP contribution in [0.2, 0.25) is 0 Å². The number of nitrogens with one attached hydrogen (secondary N) is 1. The molecule has 0 aliphatic rings. The summed E-state index contributed by atoms with van der Waals surface area (Å²) in [6, 6.07) is 5.76. The number of para-hydroxylation sites is 1. The van der Waals surface area contributed by atoms with Crippen molar-refractivity contribution in [2.24, 2.45) is 11.7 Å². The fourth-order valence-electron chi connectivity index (χ4n) is 1.78. The molecule has 0 radical (unpaired) electrons. The molecule has 0 aliphatic carbocycles. The van der Waals surface area contributed by atoms with E-state index < -0.39 is 30.4 Å².